The number of nitrogens with zero attached hydrogens (tertiary/aromatic N) is 2. The number of hydrogen-bond acceptors (Lipinski definition) is 3. The van der Waals surface area contributed by atoms with Gasteiger partial charge >= 0.3 is 0 Å². The van der Waals surface area contributed by atoms with Crippen LogP contribution in [0.25, 0.3) is 0 Å². The molecule has 0 unspecified atom stereocenters. The number of pyridine rings is 1. The Morgan fingerprint density at radius 3 is 2.77 bits per heavy atom. The molecular formula is C9H11BrN2S. The molecule has 2 nitrogen and oxygen atoms in total. The van der Waals surface area contributed by atoms with E-state index in [9.17, 15) is 0 Å². The van der Waals surface area contributed by atoms with Gasteiger partial charge in [-0.1, -0.05) is 0 Å². The third-order valence-electron chi connectivity index (χ3n) is 2.07. The molecule has 1 aliphatic rings. The van der Waals surface area contributed by atoms with Crippen molar-refractivity contribution in [1.29, 1.82) is 0 Å². The minimum Gasteiger partial charge on any atom is -0.369 e. The van der Waals surface area contributed by atoms with Crippen LogP contribution in [0.2, 0.25) is 0 Å². The molecule has 0 saturated carbocycles. The summed E-state index contributed by atoms with van der Waals surface area (Å²) in [5.74, 6) is 2.46. The molecule has 1 saturated heterocycles. The van der Waals surface area contributed by atoms with Gasteiger partial charge in [0.2, 0.25) is 0 Å². The highest BCUT2D eigenvalue weighted by Crippen LogP contribution is 2.21. The summed E-state index contributed by atoms with van der Waals surface area (Å²) in [7, 11) is 0. The number of thioether (sulfide) groups is 1. The third-order valence-corrected chi connectivity index (χ3v) is 3.44. The highest BCUT2D eigenvalue weighted by Gasteiger charge is 2.10. The van der Waals surface area contributed by atoms with Gasteiger partial charge in [-0.15, -0.1) is 0 Å². The molecule has 13 heavy (non-hydrogen) atoms. The quantitative estimate of drug-likeness (QED) is 0.770. The summed E-state index contributed by atoms with van der Waals surface area (Å²) >= 11 is 5.46. The van der Waals surface area contributed by atoms with Gasteiger partial charge in [-0.25, -0.2) is 0 Å². The second-order valence-corrected chi connectivity index (χ2v) is 5.10. The molecule has 0 N–H and O–H groups in total. The van der Waals surface area contributed by atoms with Crippen molar-refractivity contribution in [2.45, 2.75) is 0 Å². The third kappa shape index (κ3) is 2.38. The van der Waals surface area contributed by atoms with Crippen molar-refractivity contribution in [2.24, 2.45) is 0 Å². The zero-order valence-electron chi connectivity index (χ0n) is 7.24. The molecule has 4 heteroatoms. The maximum absolute atomic E-state index is 4.16. The average Bonchev–Trinajstić information content (AvgIpc) is 2.19. The van der Waals surface area contributed by atoms with Gasteiger partial charge in [0.15, 0.2) is 0 Å². The van der Waals surface area contributed by atoms with Crippen LogP contribution in [-0.4, -0.2) is 29.6 Å². The summed E-state index contributed by atoms with van der Waals surface area (Å²) in [5, 5.41) is 0. The van der Waals surface area contributed by atoms with E-state index in [1.165, 1.54) is 17.2 Å². The Morgan fingerprint density at radius 1 is 1.31 bits per heavy atom. The number of hydrogen-bond donors (Lipinski definition) is 0. The summed E-state index contributed by atoms with van der Waals surface area (Å²) in [6.07, 6.45) is 3.75. The van der Waals surface area contributed by atoms with Crippen molar-refractivity contribution >= 4 is 33.4 Å². The van der Waals surface area contributed by atoms with E-state index >= 15 is 0 Å². The lowest BCUT2D eigenvalue weighted by molar-refractivity contribution is 0.854. The zero-order valence-corrected chi connectivity index (χ0v) is 9.64. The van der Waals surface area contributed by atoms with Gasteiger partial charge < -0.3 is 4.90 Å². The number of halogens is 1. The first kappa shape index (κ1) is 9.34. The van der Waals surface area contributed by atoms with Gasteiger partial charge in [-0.3, -0.25) is 4.98 Å². The Balaban J connectivity index is 2.14. The van der Waals surface area contributed by atoms with Crippen molar-refractivity contribution in [3.05, 3.63) is 22.9 Å². The lowest BCUT2D eigenvalue weighted by atomic mass is 10.3. The molecule has 1 fully saturated rings. The van der Waals surface area contributed by atoms with Crippen LogP contribution in [0, 0.1) is 0 Å². The molecule has 70 valence electrons. The van der Waals surface area contributed by atoms with E-state index < -0.39 is 0 Å². The van der Waals surface area contributed by atoms with Crippen molar-refractivity contribution in [3.63, 3.8) is 0 Å². The maximum atomic E-state index is 4.16. The summed E-state index contributed by atoms with van der Waals surface area (Å²) in [4.78, 5) is 6.55. The number of rotatable bonds is 1. The number of anilines is 1. The second kappa shape index (κ2) is 4.33. The largest absolute Gasteiger partial charge is 0.369 e. The van der Waals surface area contributed by atoms with Gasteiger partial charge in [0.05, 0.1) is 11.9 Å². The van der Waals surface area contributed by atoms with E-state index in [1.54, 1.807) is 0 Å². The SMILES string of the molecule is Brc1cncc(N2CCSCC2)c1. The summed E-state index contributed by atoms with van der Waals surface area (Å²) in [6, 6.07) is 2.13. The summed E-state index contributed by atoms with van der Waals surface area (Å²) in [6.45, 7) is 2.28. The molecule has 0 aromatic carbocycles. The molecule has 2 rings (SSSR count). The summed E-state index contributed by atoms with van der Waals surface area (Å²) in [5.41, 5.74) is 1.23. The van der Waals surface area contributed by atoms with Crippen molar-refractivity contribution in [1.82, 2.24) is 4.98 Å². The minimum atomic E-state index is 1.06. The van der Waals surface area contributed by atoms with Gasteiger partial charge in [0, 0.05) is 35.3 Å². The molecule has 2 heterocycles. The Morgan fingerprint density at radius 2 is 2.08 bits per heavy atom. The van der Waals surface area contributed by atoms with Gasteiger partial charge in [0.1, 0.15) is 0 Å². The fraction of sp³-hybridized carbons (Fsp3) is 0.444. The standard InChI is InChI=1S/C9H11BrN2S/c10-8-5-9(7-11-6-8)12-1-3-13-4-2-12/h5-7H,1-4H2. The molecule has 0 radical (unpaired) electrons. The molecule has 0 bridgehead atoms. The van der Waals surface area contributed by atoms with Crippen molar-refractivity contribution in [2.75, 3.05) is 29.5 Å². The van der Waals surface area contributed by atoms with E-state index in [-0.39, 0.29) is 0 Å². The van der Waals surface area contributed by atoms with Crippen molar-refractivity contribution in [3.8, 4) is 0 Å². The van der Waals surface area contributed by atoms with E-state index in [2.05, 4.69) is 31.9 Å². The predicted octanol–water partition coefficient (Wildman–Crippen LogP) is 2.40. The summed E-state index contributed by atoms with van der Waals surface area (Å²) < 4.78 is 1.06. The van der Waals surface area contributed by atoms with E-state index in [0.29, 0.717) is 0 Å². The average molecular weight is 259 g/mol. The molecule has 1 aromatic rings. The van der Waals surface area contributed by atoms with Crippen molar-refractivity contribution < 1.29 is 0 Å². The fourth-order valence-electron chi connectivity index (χ4n) is 1.40. The van der Waals surface area contributed by atoms with Crippen LogP contribution in [0.4, 0.5) is 5.69 Å². The molecule has 1 aliphatic heterocycles. The van der Waals surface area contributed by atoms with E-state index in [4.69, 9.17) is 0 Å². The van der Waals surface area contributed by atoms with E-state index in [1.807, 2.05) is 24.2 Å². The maximum Gasteiger partial charge on any atom is 0.0564 e. The molecule has 0 spiro atoms. The lowest BCUT2D eigenvalue weighted by Gasteiger charge is -2.28. The predicted molar refractivity (Wildman–Crippen MR) is 61.5 cm³/mol. The Hall–Kier alpha value is -0.220. The van der Waals surface area contributed by atoms with Crippen LogP contribution < -0.4 is 4.90 Å². The Labute approximate surface area is 90.9 Å². The first-order valence-electron chi connectivity index (χ1n) is 4.29. The normalized spacial score (nSPS) is 17.5. The monoisotopic (exact) mass is 258 g/mol. The molecule has 0 aliphatic carbocycles. The van der Waals surface area contributed by atoms with E-state index in [0.717, 1.165) is 17.6 Å². The van der Waals surface area contributed by atoms with Crippen LogP contribution in [0.3, 0.4) is 0 Å². The topological polar surface area (TPSA) is 16.1 Å². The van der Waals surface area contributed by atoms with Crippen LogP contribution in [0.15, 0.2) is 22.9 Å². The smallest absolute Gasteiger partial charge is 0.0564 e. The van der Waals surface area contributed by atoms with Gasteiger partial charge in [-0.2, -0.15) is 11.8 Å². The van der Waals surface area contributed by atoms with Crippen LogP contribution >= 0.6 is 27.7 Å². The first-order chi connectivity index (χ1) is 6.36. The molecule has 0 amide bonds. The highest BCUT2D eigenvalue weighted by molar-refractivity contribution is 9.10. The minimum absolute atomic E-state index is 1.06. The Kier molecular flexibility index (Phi) is 3.11. The molecule has 0 atom stereocenters. The van der Waals surface area contributed by atoms with Gasteiger partial charge in [-0.05, 0) is 22.0 Å². The lowest BCUT2D eigenvalue weighted by Crippen LogP contribution is -2.32. The highest BCUT2D eigenvalue weighted by atomic mass is 79.9. The fourth-order valence-corrected chi connectivity index (χ4v) is 2.65. The second-order valence-electron chi connectivity index (χ2n) is 2.96. The van der Waals surface area contributed by atoms with Crippen LogP contribution in [0.1, 0.15) is 0 Å². The van der Waals surface area contributed by atoms with Gasteiger partial charge in [0.25, 0.3) is 0 Å². The van der Waals surface area contributed by atoms with Crippen LogP contribution in [-0.2, 0) is 0 Å². The number of aromatic nitrogens is 1. The Bertz CT molecular complexity index is 287. The zero-order chi connectivity index (χ0) is 9.10. The molecular weight excluding hydrogens is 248 g/mol. The van der Waals surface area contributed by atoms with Crippen LogP contribution in [0.5, 0.6) is 0 Å². The molecule has 1 aromatic heterocycles. The first-order valence-corrected chi connectivity index (χ1v) is 6.24.